The highest BCUT2D eigenvalue weighted by Gasteiger charge is 2.34. The van der Waals surface area contributed by atoms with Gasteiger partial charge in [-0.3, -0.25) is 19.3 Å². The second-order valence-corrected chi connectivity index (χ2v) is 11.1. The van der Waals surface area contributed by atoms with Crippen molar-refractivity contribution in [1.29, 1.82) is 0 Å². The highest BCUT2D eigenvalue weighted by Crippen LogP contribution is 2.30. The lowest BCUT2D eigenvalue weighted by Crippen LogP contribution is -2.49. The number of carbonyl (C=O) groups excluding carboxylic acids is 2. The molecule has 40 heavy (non-hydrogen) atoms. The first-order valence-corrected chi connectivity index (χ1v) is 13.4. The Morgan fingerprint density at radius 1 is 1.12 bits per heavy atom. The van der Waals surface area contributed by atoms with Gasteiger partial charge >= 0.3 is 0 Å². The molecule has 212 valence electrons. The van der Waals surface area contributed by atoms with E-state index in [1.165, 1.54) is 4.90 Å². The first kappa shape index (κ1) is 27.6. The van der Waals surface area contributed by atoms with Gasteiger partial charge in [0.15, 0.2) is 6.17 Å². The zero-order chi connectivity index (χ0) is 28.4. The lowest BCUT2D eigenvalue weighted by molar-refractivity contribution is -0.134. The number of aliphatic hydroxyl groups is 1. The number of aromatic nitrogens is 3. The molecule has 1 aromatic carbocycles. The van der Waals surface area contributed by atoms with Gasteiger partial charge in [-0.1, -0.05) is 6.07 Å². The summed E-state index contributed by atoms with van der Waals surface area (Å²) in [5, 5.41) is 14.3. The average Bonchev–Trinajstić information content (AvgIpc) is 3.60. The van der Waals surface area contributed by atoms with Crippen LogP contribution in [0.1, 0.15) is 49.2 Å². The van der Waals surface area contributed by atoms with Gasteiger partial charge in [0.2, 0.25) is 5.91 Å². The summed E-state index contributed by atoms with van der Waals surface area (Å²) in [4.78, 5) is 30.8. The van der Waals surface area contributed by atoms with Crippen molar-refractivity contribution in [1.82, 2.24) is 19.7 Å². The molecule has 2 fully saturated rings. The van der Waals surface area contributed by atoms with Crippen LogP contribution in [0, 0.1) is 0 Å². The first-order chi connectivity index (χ1) is 19.0. The molecule has 3 N–H and O–H groups in total. The third-order valence-electron chi connectivity index (χ3n) is 6.83. The van der Waals surface area contributed by atoms with Crippen LogP contribution in [0.3, 0.4) is 0 Å². The summed E-state index contributed by atoms with van der Waals surface area (Å²) in [5.74, 6) is -0.0449. The molecule has 11 heteroatoms. The Hall–Kier alpha value is -3.99. The van der Waals surface area contributed by atoms with E-state index in [2.05, 4.69) is 10.1 Å². The number of halogens is 1. The number of hydrogen-bond acceptors (Lipinski definition) is 7. The fraction of sp³-hybridized carbons (Fsp3) is 0.448. The molecule has 0 unspecified atom stereocenters. The lowest BCUT2D eigenvalue weighted by Gasteiger charge is -2.35. The Bertz CT molecular complexity index is 1370. The maximum absolute atomic E-state index is 15.2. The normalized spacial score (nSPS) is 19.4. The number of alkyl halides is 1. The second kappa shape index (κ2) is 11.2. The molecule has 5 rings (SSSR count). The fourth-order valence-corrected chi connectivity index (χ4v) is 4.64. The predicted octanol–water partition coefficient (Wildman–Crippen LogP) is 2.92. The molecule has 1 aliphatic heterocycles. The van der Waals surface area contributed by atoms with Gasteiger partial charge in [-0.2, -0.15) is 5.10 Å². The van der Waals surface area contributed by atoms with E-state index in [4.69, 9.17) is 15.2 Å². The van der Waals surface area contributed by atoms with E-state index in [1.807, 2.05) is 0 Å². The molecule has 3 aromatic rings. The molecule has 2 aromatic heterocycles. The minimum absolute atomic E-state index is 0.0711. The number of amides is 2. The van der Waals surface area contributed by atoms with E-state index in [0.29, 0.717) is 30.1 Å². The van der Waals surface area contributed by atoms with Crippen LogP contribution in [0.5, 0.6) is 11.5 Å². The third kappa shape index (κ3) is 6.95. The topological polar surface area (TPSA) is 133 Å². The Kier molecular flexibility index (Phi) is 7.75. The number of benzene rings is 1. The highest BCUT2D eigenvalue weighted by atomic mass is 19.1. The van der Waals surface area contributed by atoms with Crippen molar-refractivity contribution in [3.63, 3.8) is 0 Å². The molecule has 1 aliphatic carbocycles. The molecule has 2 aliphatic rings. The molecule has 10 nitrogen and oxygen atoms in total. The molecule has 2 atom stereocenters. The zero-order valence-corrected chi connectivity index (χ0v) is 22.6. The standard InChI is InChI=1S/C29H34FN5O5/c1-29(2,38)17-35-15-19(13-33-35)18-3-8-25(23(11-18)28(31)37)40-26-9-10-34(16-24(26)30)27(36)12-20-4-5-22(14-32-20)39-21-6-7-21/h3-5,8,11,13-15,21,24,26,38H,6-7,9-10,12,16-17H2,1-2H3,(H2,31,37)/t24-,26-/m1/s1. The summed E-state index contributed by atoms with van der Waals surface area (Å²) in [5.41, 5.74) is 6.82. The number of pyridine rings is 1. The van der Waals surface area contributed by atoms with E-state index in [1.54, 1.807) is 67.5 Å². The summed E-state index contributed by atoms with van der Waals surface area (Å²) in [6.07, 6.45) is 5.43. The molecule has 0 radical (unpaired) electrons. The Labute approximate surface area is 231 Å². The van der Waals surface area contributed by atoms with E-state index in [0.717, 1.165) is 18.4 Å². The molecule has 0 bridgehead atoms. The summed E-state index contributed by atoms with van der Waals surface area (Å²) < 4.78 is 28.4. The van der Waals surface area contributed by atoms with Crippen molar-refractivity contribution in [3.8, 4) is 22.6 Å². The Morgan fingerprint density at radius 3 is 2.58 bits per heavy atom. The summed E-state index contributed by atoms with van der Waals surface area (Å²) in [6.45, 7) is 3.87. The monoisotopic (exact) mass is 551 g/mol. The van der Waals surface area contributed by atoms with E-state index in [-0.39, 0.29) is 42.7 Å². The maximum Gasteiger partial charge on any atom is 0.252 e. The molecule has 3 heterocycles. The van der Waals surface area contributed by atoms with Gasteiger partial charge in [0.25, 0.3) is 5.91 Å². The molecular weight excluding hydrogens is 517 g/mol. The molecular formula is C29H34FN5O5. The number of likely N-dealkylation sites (tertiary alicyclic amines) is 1. The van der Waals surface area contributed by atoms with E-state index in [9.17, 15) is 14.7 Å². The molecule has 1 saturated heterocycles. The van der Waals surface area contributed by atoms with Crippen molar-refractivity contribution >= 4 is 11.8 Å². The smallest absolute Gasteiger partial charge is 0.252 e. The summed E-state index contributed by atoms with van der Waals surface area (Å²) in [7, 11) is 0. The number of rotatable bonds is 10. The number of primary amides is 1. The van der Waals surface area contributed by atoms with Crippen LogP contribution in [-0.4, -0.2) is 73.7 Å². The van der Waals surface area contributed by atoms with Gasteiger partial charge < -0.3 is 25.2 Å². The number of hydrogen-bond donors (Lipinski definition) is 2. The Balaban J connectivity index is 1.19. The van der Waals surface area contributed by atoms with Gasteiger partial charge in [0.05, 0.1) is 49.2 Å². The number of ether oxygens (including phenoxy) is 2. The van der Waals surface area contributed by atoms with E-state index >= 15 is 4.39 Å². The minimum atomic E-state index is -1.44. The largest absolute Gasteiger partial charge is 0.489 e. The van der Waals surface area contributed by atoms with Gasteiger partial charge in [0.1, 0.15) is 17.6 Å². The van der Waals surface area contributed by atoms with Crippen LogP contribution in [-0.2, 0) is 17.8 Å². The third-order valence-corrected chi connectivity index (χ3v) is 6.83. The van der Waals surface area contributed by atoms with Crippen molar-refractivity contribution in [2.45, 2.75) is 70.1 Å². The number of carbonyl (C=O) groups is 2. The van der Waals surface area contributed by atoms with Crippen molar-refractivity contribution in [2.24, 2.45) is 5.73 Å². The number of piperidine rings is 1. The van der Waals surface area contributed by atoms with Gasteiger partial charge in [-0.25, -0.2) is 4.39 Å². The average molecular weight is 552 g/mol. The van der Waals surface area contributed by atoms with Crippen molar-refractivity contribution in [2.75, 3.05) is 13.1 Å². The van der Waals surface area contributed by atoms with Crippen LogP contribution in [0.2, 0.25) is 0 Å². The predicted molar refractivity (Wildman–Crippen MR) is 145 cm³/mol. The minimum Gasteiger partial charge on any atom is -0.489 e. The van der Waals surface area contributed by atoms with E-state index < -0.39 is 23.8 Å². The maximum atomic E-state index is 15.2. The van der Waals surface area contributed by atoms with Gasteiger partial charge in [0, 0.05) is 30.4 Å². The summed E-state index contributed by atoms with van der Waals surface area (Å²) >= 11 is 0. The molecule has 1 saturated carbocycles. The van der Waals surface area contributed by atoms with Crippen molar-refractivity contribution in [3.05, 3.63) is 60.2 Å². The fourth-order valence-electron chi connectivity index (χ4n) is 4.64. The highest BCUT2D eigenvalue weighted by molar-refractivity contribution is 5.97. The van der Waals surface area contributed by atoms with Crippen LogP contribution < -0.4 is 15.2 Å². The van der Waals surface area contributed by atoms with Gasteiger partial charge in [-0.15, -0.1) is 0 Å². The molecule has 0 spiro atoms. The zero-order valence-electron chi connectivity index (χ0n) is 22.6. The number of nitrogens with zero attached hydrogens (tertiary/aromatic N) is 4. The quantitative estimate of drug-likeness (QED) is 0.396. The van der Waals surface area contributed by atoms with Gasteiger partial charge in [-0.05, 0) is 56.5 Å². The lowest BCUT2D eigenvalue weighted by atomic mass is 10.0. The molecule has 2 amide bonds. The first-order valence-electron chi connectivity index (χ1n) is 13.4. The second-order valence-electron chi connectivity index (χ2n) is 11.1. The van der Waals surface area contributed by atoms with Crippen LogP contribution in [0.15, 0.2) is 48.9 Å². The van der Waals surface area contributed by atoms with Crippen LogP contribution >= 0.6 is 0 Å². The summed E-state index contributed by atoms with van der Waals surface area (Å²) in [6, 6.07) is 8.48. The van der Waals surface area contributed by atoms with Crippen LogP contribution in [0.4, 0.5) is 4.39 Å². The van der Waals surface area contributed by atoms with Crippen LogP contribution in [0.25, 0.3) is 11.1 Å². The Morgan fingerprint density at radius 2 is 1.93 bits per heavy atom. The number of nitrogens with two attached hydrogens (primary N) is 1. The SMILES string of the molecule is CC(C)(O)Cn1cc(-c2ccc(O[C@@H]3CCN(C(=O)Cc4ccc(OC5CC5)cn4)C[C@H]3F)c(C(N)=O)c2)cn1. The van der Waals surface area contributed by atoms with Crippen molar-refractivity contribution < 1.29 is 28.6 Å².